The molecule has 2 heterocycles. The molecule has 0 aromatic heterocycles. The number of anilines is 2. The summed E-state index contributed by atoms with van der Waals surface area (Å²) >= 11 is 0. The van der Waals surface area contributed by atoms with Crippen LogP contribution in [0.4, 0.5) is 15.8 Å². The van der Waals surface area contributed by atoms with Crippen LogP contribution in [0, 0.1) is 5.82 Å². The minimum atomic E-state index is -3.62. The molecule has 2 aromatic rings. The molecule has 1 N–H and O–H groups in total. The number of carbonyl (C=O) groups excluding carboxylic acids is 2. The Balaban J connectivity index is 1.60. The van der Waals surface area contributed by atoms with Gasteiger partial charge in [0.05, 0.1) is 4.90 Å². The van der Waals surface area contributed by atoms with Crippen LogP contribution >= 0.6 is 0 Å². The summed E-state index contributed by atoms with van der Waals surface area (Å²) in [6.07, 6.45) is 2.90. The summed E-state index contributed by atoms with van der Waals surface area (Å²) in [6.45, 7) is 2.37. The average molecular weight is 446 g/mol. The number of rotatable bonds is 4. The molecular formula is C22H24FN3O4S. The fraction of sp³-hybridized carbons (Fsp3) is 0.364. The summed E-state index contributed by atoms with van der Waals surface area (Å²) in [5.41, 5.74) is 1.58. The van der Waals surface area contributed by atoms with Crippen molar-refractivity contribution in [1.29, 1.82) is 0 Å². The van der Waals surface area contributed by atoms with E-state index in [1.807, 2.05) is 0 Å². The third kappa shape index (κ3) is 4.20. The molecular weight excluding hydrogens is 421 g/mol. The average Bonchev–Trinajstić information content (AvgIpc) is 3.15. The Labute approximate surface area is 180 Å². The molecule has 0 aliphatic carbocycles. The molecule has 1 atom stereocenters. The third-order valence-corrected chi connectivity index (χ3v) is 7.64. The molecule has 1 fully saturated rings. The van der Waals surface area contributed by atoms with Crippen molar-refractivity contribution in [3.63, 3.8) is 0 Å². The van der Waals surface area contributed by atoms with Gasteiger partial charge in [-0.1, -0.05) is 6.42 Å². The Bertz CT molecular complexity index is 1110. The lowest BCUT2D eigenvalue weighted by Crippen LogP contribution is -2.44. The normalized spacial score (nSPS) is 19.2. The lowest BCUT2D eigenvalue weighted by molar-refractivity contribution is -0.122. The van der Waals surface area contributed by atoms with Gasteiger partial charge in [0.1, 0.15) is 11.9 Å². The molecule has 2 amide bonds. The quantitative estimate of drug-likeness (QED) is 0.784. The smallest absolute Gasteiger partial charge is 0.247 e. The molecule has 0 bridgehead atoms. The van der Waals surface area contributed by atoms with E-state index in [0.29, 0.717) is 30.0 Å². The van der Waals surface area contributed by atoms with Gasteiger partial charge in [0.25, 0.3) is 0 Å². The number of hydrogen-bond acceptors (Lipinski definition) is 4. The summed E-state index contributed by atoms with van der Waals surface area (Å²) in [6, 6.07) is 9.20. The van der Waals surface area contributed by atoms with Gasteiger partial charge in [-0.05, 0) is 60.9 Å². The Morgan fingerprint density at radius 3 is 2.35 bits per heavy atom. The molecule has 2 aliphatic heterocycles. The number of sulfonamides is 1. The van der Waals surface area contributed by atoms with Gasteiger partial charge in [-0.2, -0.15) is 4.31 Å². The van der Waals surface area contributed by atoms with E-state index in [1.54, 1.807) is 12.1 Å². The molecule has 0 spiro atoms. The minimum Gasteiger partial charge on any atom is -0.324 e. The molecule has 0 saturated carbocycles. The van der Waals surface area contributed by atoms with E-state index in [9.17, 15) is 22.4 Å². The Morgan fingerprint density at radius 2 is 1.71 bits per heavy atom. The zero-order chi connectivity index (χ0) is 22.2. The second-order valence-corrected chi connectivity index (χ2v) is 9.80. The highest BCUT2D eigenvalue weighted by Gasteiger charge is 2.38. The van der Waals surface area contributed by atoms with E-state index in [4.69, 9.17) is 0 Å². The van der Waals surface area contributed by atoms with Gasteiger partial charge in [0, 0.05) is 37.8 Å². The van der Waals surface area contributed by atoms with Crippen LogP contribution in [0.1, 0.15) is 31.7 Å². The van der Waals surface area contributed by atoms with Gasteiger partial charge in [-0.15, -0.1) is 0 Å². The maximum atomic E-state index is 13.1. The molecule has 2 aromatic carbocycles. The highest BCUT2D eigenvalue weighted by atomic mass is 32.2. The van der Waals surface area contributed by atoms with Gasteiger partial charge < -0.3 is 5.32 Å². The van der Waals surface area contributed by atoms with Crippen molar-refractivity contribution in [3.05, 3.63) is 53.8 Å². The molecule has 7 nitrogen and oxygen atoms in total. The standard InChI is InChI=1S/C22H24FN3O4S/c1-15(27)26-20-10-9-19(31(29,30)25-11-3-2-4-12-25)13-16(20)14-21(26)22(28)24-18-7-5-17(23)6-8-18/h5-10,13,21H,2-4,11-12,14H2,1H3,(H,24,28)/t21-/m0/s1. The molecule has 0 radical (unpaired) electrons. The van der Waals surface area contributed by atoms with Gasteiger partial charge in [-0.3, -0.25) is 14.5 Å². The van der Waals surface area contributed by atoms with Crippen molar-refractivity contribution in [2.24, 2.45) is 0 Å². The summed E-state index contributed by atoms with van der Waals surface area (Å²) in [5.74, 6) is -1.15. The predicted molar refractivity (Wildman–Crippen MR) is 115 cm³/mol. The molecule has 9 heteroatoms. The summed E-state index contributed by atoms with van der Waals surface area (Å²) in [5, 5.41) is 2.70. The third-order valence-electron chi connectivity index (χ3n) is 5.74. The Morgan fingerprint density at radius 1 is 1.03 bits per heavy atom. The van der Waals surface area contributed by atoms with Crippen LogP contribution in [-0.2, 0) is 26.0 Å². The molecule has 1 saturated heterocycles. The van der Waals surface area contributed by atoms with Crippen LogP contribution in [0.15, 0.2) is 47.4 Å². The number of hydrogen-bond donors (Lipinski definition) is 1. The number of benzene rings is 2. The van der Waals surface area contributed by atoms with E-state index in [1.165, 1.54) is 46.5 Å². The summed E-state index contributed by atoms with van der Waals surface area (Å²) in [7, 11) is -3.62. The number of halogens is 1. The first-order valence-corrected chi connectivity index (χ1v) is 11.7. The van der Waals surface area contributed by atoms with Crippen molar-refractivity contribution in [2.75, 3.05) is 23.3 Å². The van der Waals surface area contributed by atoms with Gasteiger partial charge in [-0.25, -0.2) is 12.8 Å². The second-order valence-electron chi connectivity index (χ2n) is 7.86. The van der Waals surface area contributed by atoms with E-state index < -0.39 is 27.8 Å². The van der Waals surface area contributed by atoms with Gasteiger partial charge in [0.2, 0.25) is 21.8 Å². The fourth-order valence-corrected chi connectivity index (χ4v) is 5.77. The molecule has 164 valence electrons. The SMILES string of the molecule is CC(=O)N1c2ccc(S(=O)(=O)N3CCCCC3)cc2C[C@H]1C(=O)Nc1ccc(F)cc1. The summed E-state index contributed by atoms with van der Waals surface area (Å²) in [4.78, 5) is 26.8. The predicted octanol–water partition coefficient (Wildman–Crippen LogP) is 2.92. The van der Waals surface area contributed by atoms with Crippen molar-refractivity contribution >= 4 is 33.2 Å². The lowest BCUT2D eigenvalue weighted by Gasteiger charge is -2.26. The highest BCUT2D eigenvalue weighted by Crippen LogP contribution is 2.35. The molecule has 0 unspecified atom stereocenters. The van der Waals surface area contributed by atoms with Crippen LogP contribution in [-0.4, -0.2) is 43.7 Å². The number of carbonyl (C=O) groups is 2. The zero-order valence-corrected chi connectivity index (χ0v) is 18.0. The first-order valence-electron chi connectivity index (χ1n) is 10.3. The van der Waals surface area contributed by atoms with Crippen LogP contribution < -0.4 is 10.2 Å². The largest absolute Gasteiger partial charge is 0.324 e. The molecule has 2 aliphatic rings. The number of fused-ring (bicyclic) bond motifs is 1. The Kier molecular flexibility index (Phi) is 5.81. The lowest BCUT2D eigenvalue weighted by atomic mass is 10.1. The summed E-state index contributed by atoms with van der Waals surface area (Å²) < 4.78 is 40.7. The van der Waals surface area contributed by atoms with E-state index in [2.05, 4.69) is 5.32 Å². The molecule has 4 rings (SSSR count). The zero-order valence-electron chi connectivity index (χ0n) is 17.2. The van der Waals surface area contributed by atoms with Crippen molar-refractivity contribution in [3.8, 4) is 0 Å². The Hall–Kier alpha value is -2.78. The topological polar surface area (TPSA) is 86.8 Å². The van der Waals surface area contributed by atoms with Crippen LogP contribution in [0.5, 0.6) is 0 Å². The van der Waals surface area contributed by atoms with E-state index >= 15 is 0 Å². The minimum absolute atomic E-state index is 0.177. The highest BCUT2D eigenvalue weighted by molar-refractivity contribution is 7.89. The first-order chi connectivity index (χ1) is 14.8. The number of amides is 2. The molecule has 31 heavy (non-hydrogen) atoms. The number of piperidine rings is 1. The van der Waals surface area contributed by atoms with Crippen LogP contribution in [0.3, 0.4) is 0 Å². The monoisotopic (exact) mass is 445 g/mol. The van der Waals surface area contributed by atoms with Crippen molar-refractivity contribution < 1.29 is 22.4 Å². The van der Waals surface area contributed by atoms with Crippen molar-refractivity contribution in [1.82, 2.24) is 4.31 Å². The first kappa shape index (κ1) is 21.5. The van der Waals surface area contributed by atoms with Crippen LogP contribution in [0.2, 0.25) is 0 Å². The fourth-order valence-electron chi connectivity index (χ4n) is 4.20. The number of nitrogens with one attached hydrogen (secondary N) is 1. The van der Waals surface area contributed by atoms with E-state index in [0.717, 1.165) is 19.3 Å². The number of nitrogens with zero attached hydrogens (tertiary/aromatic N) is 2. The van der Waals surface area contributed by atoms with Gasteiger partial charge in [0.15, 0.2) is 0 Å². The van der Waals surface area contributed by atoms with Gasteiger partial charge >= 0.3 is 0 Å². The maximum absolute atomic E-state index is 13.1. The van der Waals surface area contributed by atoms with Crippen LogP contribution in [0.25, 0.3) is 0 Å². The maximum Gasteiger partial charge on any atom is 0.247 e. The second kappa shape index (κ2) is 8.39. The van der Waals surface area contributed by atoms with E-state index in [-0.39, 0.29) is 17.2 Å². The van der Waals surface area contributed by atoms with Crippen molar-refractivity contribution in [2.45, 2.75) is 43.5 Å².